The topological polar surface area (TPSA) is 146 Å². The van der Waals surface area contributed by atoms with Gasteiger partial charge in [-0.2, -0.15) is 15.3 Å². The summed E-state index contributed by atoms with van der Waals surface area (Å²) in [5.74, 6) is 1.43. The van der Waals surface area contributed by atoms with Gasteiger partial charge in [-0.15, -0.1) is 0 Å². The molecule has 0 saturated heterocycles. The molecule has 0 saturated carbocycles. The lowest BCUT2D eigenvalue weighted by atomic mass is 10.1. The molecule has 0 atom stereocenters. The van der Waals surface area contributed by atoms with Crippen LogP contribution in [-0.4, -0.2) is 48.4 Å². The molecule has 0 aliphatic carbocycles. The number of rotatable bonds is 6. The van der Waals surface area contributed by atoms with Crippen molar-refractivity contribution in [3.8, 4) is 17.1 Å². The van der Waals surface area contributed by atoms with Crippen LogP contribution in [0.5, 0.6) is 5.75 Å². The Morgan fingerprint density at radius 3 is 2.75 bits per heavy atom. The Morgan fingerprint density at radius 1 is 0.944 bits per heavy atom. The summed E-state index contributed by atoms with van der Waals surface area (Å²) in [7, 11) is 1.58. The fourth-order valence-electron chi connectivity index (χ4n) is 3.92. The average molecular weight is 477 g/mol. The fourth-order valence-corrected chi connectivity index (χ4v) is 3.92. The minimum Gasteiger partial charge on any atom is -0.496 e. The van der Waals surface area contributed by atoms with Gasteiger partial charge in [0.2, 0.25) is 0 Å². The monoisotopic (exact) mass is 477 g/mol. The second kappa shape index (κ2) is 8.80. The van der Waals surface area contributed by atoms with E-state index in [1.807, 2.05) is 30.3 Å². The molecular formula is C25H19N9O2. The minimum absolute atomic E-state index is 0.306. The van der Waals surface area contributed by atoms with Crippen LogP contribution in [0.25, 0.3) is 33.2 Å². The van der Waals surface area contributed by atoms with Gasteiger partial charge in [0.15, 0.2) is 5.82 Å². The lowest BCUT2D eigenvalue weighted by molar-refractivity contribution is 0.102. The number of nitrogens with zero attached hydrogens (tertiary/aromatic N) is 5. The Hall–Kier alpha value is -5.32. The maximum Gasteiger partial charge on any atom is 0.272 e. The molecule has 11 nitrogen and oxygen atoms in total. The van der Waals surface area contributed by atoms with Gasteiger partial charge in [0.05, 0.1) is 42.4 Å². The van der Waals surface area contributed by atoms with E-state index < -0.39 is 0 Å². The van der Waals surface area contributed by atoms with Gasteiger partial charge in [0.1, 0.15) is 17.3 Å². The van der Waals surface area contributed by atoms with E-state index in [0.717, 1.165) is 33.1 Å². The second-order valence-corrected chi connectivity index (χ2v) is 7.97. The molecule has 0 aliphatic rings. The predicted octanol–water partition coefficient (Wildman–Crippen LogP) is 4.30. The highest BCUT2D eigenvalue weighted by Crippen LogP contribution is 2.32. The zero-order chi connectivity index (χ0) is 24.5. The van der Waals surface area contributed by atoms with E-state index in [1.54, 1.807) is 37.7 Å². The number of benzene rings is 2. The highest BCUT2D eigenvalue weighted by molar-refractivity contribution is 6.07. The maximum atomic E-state index is 12.8. The number of ether oxygens (including phenoxy) is 1. The zero-order valence-corrected chi connectivity index (χ0v) is 19.0. The van der Waals surface area contributed by atoms with Crippen LogP contribution in [0.3, 0.4) is 0 Å². The Morgan fingerprint density at radius 2 is 1.89 bits per heavy atom. The second-order valence-electron chi connectivity index (χ2n) is 7.97. The molecule has 2 aromatic carbocycles. The predicted molar refractivity (Wildman–Crippen MR) is 135 cm³/mol. The van der Waals surface area contributed by atoms with E-state index in [2.05, 4.69) is 46.0 Å². The van der Waals surface area contributed by atoms with Crippen molar-refractivity contribution in [3.05, 3.63) is 79.0 Å². The Bertz CT molecular complexity index is 1710. The molecule has 0 aliphatic heterocycles. The van der Waals surface area contributed by atoms with E-state index in [-0.39, 0.29) is 5.91 Å². The van der Waals surface area contributed by atoms with E-state index in [0.29, 0.717) is 28.8 Å². The van der Waals surface area contributed by atoms with Gasteiger partial charge < -0.3 is 20.4 Å². The van der Waals surface area contributed by atoms with Crippen LogP contribution in [0.15, 0.2) is 73.3 Å². The van der Waals surface area contributed by atoms with E-state index in [4.69, 9.17) is 4.74 Å². The Kier molecular flexibility index (Phi) is 5.19. The van der Waals surface area contributed by atoms with Crippen molar-refractivity contribution >= 4 is 44.9 Å². The first-order valence-corrected chi connectivity index (χ1v) is 11.0. The quantitative estimate of drug-likeness (QED) is 0.278. The molecule has 6 rings (SSSR count). The van der Waals surface area contributed by atoms with Crippen LogP contribution in [0.2, 0.25) is 0 Å². The van der Waals surface area contributed by atoms with Gasteiger partial charge in [-0.05, 0) is 48.5 Å². The molecule has 0 bridgehead atoms. The SMILES string of the molecule is COc1cc(-c2nccc(Nc3ccc4[nH]ncc4c3)n2)cc2[nH]c(C(=O)Nc3ccnnc3)cc12. The van der Waals surface area contributed by atoms with Crippen LogP contribution in [0.4, 0.5) is 17.2 Å². The van der Waals surface area contributed by atoms with Crippen LogP contribution in [0, 0.1) is 0 Å². The summed E-state index contributed by atoms with van der Waals surface area (Å²) in [6.45, 7) is 0. The van der Waals surface area contributed by atoms with Crippen molar-refractivity contribution in [1.29, 1.82) is 0 Å². The average Bonchev–Trinajstić information content (AvgIpc) is 3.56. The molecule has 4 N–H and O–H groups in total. The first kappa shape index (κ1) is 21.2. The summed E-state index contributed by atoms with van der Waals surface area (Å²) < 4.78 is 5.61. The third kappa shape index (κ3) is 4.05. The van der Waals surface area contributed by atoms with Crippen molar-refractivity contribution in [2.45, 2.75) is 0 Å². The number of aromatic amines is 2. The molecule has 0 fully saturated rings. The number of amides is 1. The van der Waals surface area contributed by atoms with Crippen molar-refractivity contribution in [2.24, 2.45) is 0 Å². The standard InChI is InChI=1S/C25H19N9O2/c1-36-22-10-14(9-20-18(22)11-21(32-20)25(35)31-17-4-7-27-28-13-17)24-26-6-5-23(33-24)30-16-2-3-19-15(8-16)12-29-34-19/h2-13,32H,1H3,(H,29,34)(H,26,30,33)(H,27,31,35). The summed E-state index contributed by atoms with van der Waals surface area (Å²) in [5, 5.41) is 22.3. The van der Waals surface area contributed by atoms with Gasteiger partial charge in [-0.1, -0.05) is 0 Å². The Balaban J connectivity index is 1.31. The van der Waals surface area contributed by atoms with Crippen LogP contribution in [0.1, 0.15) is 10.5 Å². The lowest BCUT2D eigenvalue weighted by Gasteiger charge is -2.09. The first-order chi connectivity index (χ1) is 17.7. The zero-order valence-electron chi connectivity index (χ0n) is 19.0. The maximum absolute atomic E-state index is 12.8. The summed E-state index contributed by atoms with van der Waals surface area (Å²) in [6.07, 6.45) is 6.44. The number of carbonyl (C=O) groups excluding carboxylic acids is 1. The molecule has 176 valence electrons. The lowest BCUT2D eigenvalue weighted by Crippen LogP contribution is -2.12. The number of fused-ring (bicyclic) bond motifs is 2. The number of carbonyl (C=O) groups is 1. The van der Waals surface area contributed by atoms with Crippen molar-refractivity contribution in [1.82, 2.24) is 35.3 Å². The molecule has 11 heteroatoms. The van der Waals surface area contributed by atoms with Gasteiger partial charge in [-0.3, -0.25) is 9.89 Å². The third-order valence-electron chi connectivity index (χ3n) is 5.63. The van der Waals surface area contributed by atoms with Gasteiger partial charge in [-0.25, -0.2) is 9.97 Å². The van der Waals surface area contributed by atoms with Crippen molar-refractivity contribution in [2.75, 3.05) is 17.7 Å². The molecule has 1 amide bonds. The first-order valence-electron chi connectivity index (χ1n) is 11.0. The normalized spacial score (nSPS) is 11.0. The number of nitrogens with one attached hydrogen (secondary N) is 4. The van der Waals surface area contributed by atoms with Crippen LogP contribution < -0.4 is 15.4 Å². The number of aromatic nitrogens is 7. The van der Waals surface area contributed by atoms with Crippen molar-refractivity contribution in [3.63, 3.8) is 0 Å². The number of H-pyrrole nitrogens is 2. The van der Waals surface area contributed by atoms with Gasteiger partial charge in [0, 0.05) is 28.2 Å². The number of hydrogen-bond acceptors (Lipinski definition) is 8. The summed E-state index contributed by atoms with van der Waals surface area (Å²) in [5.41, 5.74) is 4.22. The molecule has 6 aromatic rings. The van der Waals surface area contributed by atoms with Crippen LogP contribution in [-0.2, 0) is 0 Å². The number of hydrogen-bond donors (Lipinski definition) is 4. The molecule has 0 radical (unpaired) electrons. The highest BCUT2D eigenvalue weighted by atomic mass is 16.5. The molecule has 0 spiro atoms. The smallest absolute Gasteiger partial charge is 0.272 e. The summed E-state index contributed by atoms with van der Waals surface area (Å²) in [4.78, 5) is 25.0. The largest absolute Gasteiger partial charge is 0.496 e. The molecule has 4 heterocycles. The third-order valence-corrected chi connectivity index (χ3v) is 5.63. The van der Waals surface area contributed by atoms with Gasteiger partial charge in [0.25, 0.3) is 5.91 Å². The number of anilines is 3. The summed E-state index contributed by atoms with van der Waals surface area (Å²) in [6, 6.07) is 14.8. The molecule has 4 aromatic heterocycles. The highest BCUT2D eigenvalue weighted by Gasteiger charge is 2.16. The van der Waals surface area contributed by atoms with E-state index in [1.165, 1.54) is 12.4 Å². The van der Waals surface area contributed by atoms with Crippen LogP contribution >= 0.6 is 0 Å². The fraction of sp³-hybridized carbons (Fsp3) is 0.0400. The summed E-state index contributed by atoms with van der Waals surface area (Å²) >= 11 is 0. The van der Waals surface area contributed by atoms with Crippen molar-refractivity contribution < 1.29 is 9.53 Å². The Labute approximate surface area is 204 Å². The van der Waals surface area contributed by atoms with E-state index in [9.17, 15) is 4.79 Å². The number of methoxy groups -OCH3 is 1. The minimum atomic E-state index is -0.306. The van der Waals surface area contributed by atoms with Gasteiger partial charge >= 0.3 is 0 Å². The molecular weight excluding hydrogens is 458 g/mol. The van der Waals surface area contributed by atoms with E-state index >= 15 is 0 Å². The molecule has 36 heavy (non-hydrogen) atoms. The molecule has 0 unspecified atom stereocenters.